The number of nitrogens with zero attached hydrogens (tertiary/aromatic N) is 1. The number of hydrogen-bond acceptors (Lipinski definition) is 3. The highest BCUT2D eigenvalue weighted by molar-refractivity contribution is 6.16. The van der Waals surface area contributed by atoms with Crippen LogP contribution in [0.3, 0.4) is 0 Å². The number of aromatic nitrogens is 1. The molecule has 1 aromatic heterocycles. The monoisotopic (exact) mass is 307 g/mol. The fourth-order valence-corrected chi connectivity index (χ4v) is 2.74. The molecule has 4 N–H and O–H groups in total. The lowest BCUT2D eigenvalue weighted by Gasteiger charge is -2.08. The second kappa shape index (κ2) is 5.28. The van der Waals surface area contributed by atoms with Crippen LogP contribution in [0.4, 0.5) is 5.82 Å². The molecule has 23 heavy (non-hydrogen) atoms. The lowest BCUT2D eigenvalue weighted by molar-refractivity contribution is 0.0967. The topological polar surface area (TPSA) is 91.1 Å². The molecular weight excluding hydrogens is 290 g/mol. The number of rotatable bonds is 2. The van der Waals surface area contributed by atoms with Crippen molar-refractivity contribution in [2.75, 3.05) is 5.73 Å². The number of fused-ring (bicyclic) bond motifs is 1. The summed E-state index contributed by atoms with van der Waals surface area (Å²) in [5.74, 6) is -0.860. The number of carbonyl (C=O) groups is 2. The number of para-hydroxylation sites is 1. The third kappa shape index (κ3) is 2.26. The Kier molecular flexibility index (Phi) is 3.41. The predicted octanol–water partition coefficient (Wildman–Crippen LogP) is 2.63. The van der Waals surface area contributed by atoms with Crippen LogP contribution < -0.4 is 11.5 Å². The summed E-state index contributed by atoms with van der Waals surface area (Å²) in [5.41, 5.74) is 14.9. The van der Waals surface area contributed by atoms with Crippen LogP contribution in [0.2, 0.25) is 0 Å². The van der Waals surface area contributed by atoms with Gasteiger partial charge in [-0.25, -0.2) is 0 Å². The van der Waals surface area contributed by atoms with Crippen LogP contribution in [0, 0.1) is 13.8 Å². The van der Waals surface area contributed by atoms with Gasteiger partial charge in [0, 0.05) is 10.9 Å². The first-order chi connectivity index (χ1) is 10.9. The van der Waals surface area contributed by atoms with Gasteiger partial charge in [0.15, 0.2) is 0 Å². The van der Waals surface area contributed by atoms with Crippen LogP contribution in [0.15, 0.2) is 42.5 Å². The Labute approximate surface area is 133 Å². The molecule has 0 fully saturated rings. The van der Waals surface area contributed by atoms with E-state index in [1.807, 2.05) is 26.0 Å². The van der Waals surface area contributed by atoms with E-state index in [0.29, 0.717) is 16.5 Å². The summed E-state index contributed by atoms with van der Waals surface area (Å²) < 4.78 is 1.35. The maximum atomic E-state index is 12.9. The van der Waals surface area contributed by atoms with Gasteiger partial charge in [0.25, 0.3) is 11.8 Å². The molecule has 0 unspecified atom stereocenters. The second-order valence-corrected chi connectivity index (χ2v) is 5.58. The molecule has 1 amide bonds. The van der Waals surface area contributed by atoms with Crippen molar-refractivity contribution in [3.63, 3.8) is 0 Å². The highest BCUT2D eigenvalue weighted by atomic mass is 16.2. The summed E-state index contributed by atoms with van der Waals surface area (Å²) in [4.78, 5) is 24.6. The molecule has 0 aliphatic heterocycles. The number of primary amides is 1. The summed E-state index contributed by atoms with van der Waals surface area (Å²) in [6, 6.07) is 12.5. The largest absolute Gasteiger partial charge is 0.384 e. The molecule has 0 aliphatic rings. The van der Waals surface area contributed by atoms with Crippen molar-refractivity contribution in [3.05, 3.63) is 64.7 Å². The third-order valence-corrected chi connectivity index (χ3v) is 4.11. The minimum atomic E-state index is -0.648. The van der Waals surface area contributed by atoms with Gasteiger partial charge in [-0.2, -0.15) is 0 Å². The minimum absolute atomic E-state index is 0.0712. The Morgan fingerprint density at radius 2 is 1.70 bits per heavy atom. The fraction of sp³-hybridized carbons (Fsp3) is 0.111. The minimum Gasteiger partial charge on any atom is -0.384 e. The van der Waals surface area contributed by atoms with E-state index >= 15 is 0 Å². The summed E-state index contributed by atoms with van der Waals surface area (Å²) in [5, 5.41) is 0.578. The maximum Gasteiger partial charge on any atom is 0.264 e. The Balaban J connectivity index is 2.27. The lowest BCUT2D eigenvalue weighted by Crippen LogP contribution is -2.18. The normalized spacial score (nSPS) is 10.9. The van der Waals surface area contributed by atoms with Crippen molar-refractivity contribution < 1.29 is 9.59 Å². The van der Waals surface area contributed by atoms with Gasteiger partial charge >= 0.3 is 0 Å². The molecule has 0 radical (unpaired) electrons. The van der Waals surface area contributed by atoms with Gasteiger partial charge in [0.2, 0.25) is 0 Å². The fourth-order valence-electron chi connectivity index (χ4n) is 2.74. The number of aryl methyl sites for hydroxylation is 2. The third-order valence-electron chi connectivity index (χ3n) is 4.11. The quantitative estimate of drug-likeness (QED) is 0.762. The van der Waals surface area contributed by atoms with E-state index < -0.39 is 5.91 Å². The van der Waals surface area contributed by atoms with Gasteiger partial charge in [0.1, 0.15) is 5.82 Å². The van der Waals surface area contributed by atoms with E-state index in [0.717, 1.165) is 11.1 Å². The van der Waals surface area contributed by atoms with Crippen LogP contribution in [0.25, 0.3) is 10.9 Å². The lowest BCUT2D eigenvalue weighted by atomic mass is 10.1. The van der Waals surface area contributed by atoms with Crippen molar-refractivity contribution in [2.45, 2.75) is 13.8 Å². The zero-order valence-electron chi connectivity index (χ0n) is 13.0. The number of anilines is 1. The SMILES string of the molecule is Cc1ccc(C(=O)n2c(N)c(C(N)=O)c3ccccc32)cc1C. The molecule has 5 heteroatoms. The maximum absolute atomic E-state index is 12.9. The Hall–Kier alpha value is -3.08. The number of carbonyl (C=O) groups excluding carboxylic acids is 2. The molecule has 0 atom stereocenters. The molecule has 5 nitrogen and oxygen atoms in total. The van der Waals surface area contributed by atoms with Gasteiger partial charge in [-0.15, -0.1) is 0 Å². The molecule has 0 saturated carbocycles. The molecule has 1 heterocycles. The van der Waals surface area contributed by atoms with Crippen molar-refractivity contribution in [1.29, 1.82) is 0 Å². The summed E-state index contributed by atoms with van der Waals surface area (Å²) in [6.45, 7) is 3.92. The van der Waals surface area contributed by atoms with Gasteiger partial charge in [0.05, 0.1) is 11.1 Å². The van der Waals surface area contributed by atoms with Crippen LogP contribution in [0.1, 0.15) is 31.8 Å². The standard InChI is InChI=1S/C18H17N3O2/c1-10-7-8-12(9-11(10)2)18(23)21-14-6-4-3-5-13(14)15(16(21)19)17(20)22/h3-9H,19H2,1-2H3,(H2,20,22). The zero-order valence-corrected chi connectivity index (χ0v) is 13.0. The second-order valence-electron chi connectivity index (χ2n) is 5.58. The highest BCUT2D eigenvalue weighted by Gasteiger charge is 2.23. The number of nitrogen functional groups attached to an aromatic ring is 1. The van der Waals surface area contributed by atoms with Gasteiger partial charge in [-0.05, 0) is 43.2 Å². The van der Waals surface area contributed by atoms with Crippen molar-refractivity contribution in [2.24, 2.45) is 5.73 Å². The van der Waals surface area contributed by atoms with Crippen LogP contribution in [-0.2, 0) is 0 Å². The first-order valence-corrected chi connectivity index (χ1v) is 7.22. The zero-order chi connectivity index (χ0) is 16.7. The van der Waals surface area contributed by atoms with Crippen LogP contribution in [0.5, 0.6) is 0 Å². The molecule has 0 bridgehead atoms. The number of amides is 1. The number of nitrogens with two attached hydrogens (primary N) is 2. The summed E-state index contributed by atoms with van der Waals surface area (Å²) in [7, 11) is 0. The molecule has 2 aromatic carbocycles. The molecule has 3 aromatic rings. The van der Waals surface area contributed by atoms with E-state index in [4.69, 9.17) is 11.5 Å². The van der Waals surface area contributed by atoms with E-state index in [9.17, 15) is 9.59 Å². The summed E-state index contributed by atoms with van der Waals surface area (Å²) in [6.07, 6.45) is 0. The molecule has 3 rings (SSSR count). The predicted molar refractivity (Wildman–Crippen MR) is 90.5 cm³/mol. The summed E-state index contributed by atoms with van der Waals surface area (Å²) >= 11 is 0. The number of benzene rings is 2. The van der Waals surface area contributed by atoms with E-state index in [2.05, 4.69) is 0 Å². The Bertz CT molecular complexity index is 954. The van der Waals surface area contributed by atoms with Crippen LogP contribution in [-0.4, -0.2) is 16.4 Å². The Morgan fingerprint density at radius 1 is 1.00 bits per heavy atom. The van der Waals surface area contributed by atoms with Gasteiger partial charge < -0.3 is 11.5 Å². The van der Waals surface area contributed by atoms with Crippen molar-refractivity contribution in [1.82, 2.24) is 4.57 Å². The highest BCUT2D eigenvalue weighted by Crippen LogP contribution is 2.29. The van der Waals surface area contributed by atoms with Gasteiger partial charge in [-0.3, -0.25) is 14.2 Å². The molecule has 0 spiro atoms. The average molecular weight is 307 g/mol. The molecule has 0 aliphatic carbocycles. The molecule has 0 saturated heterocycles. The molecular formula is C18H17N3O2. The van der Waals surface area contributed by atoms with E-state index in [1.54, 1.807) is 30.3 Å². The average Bonchev–Trinajstić information content (AvgIpc) is 2.81. The Morgan fingerprint density at radius 3 is 2.35 bits per heavy atom. The molecule has 116 valence electrons. The van der Waals surface area contributed by atoms with Crippen molar-refractivity contribution in [3.8, 4) is 0 Å². The van der Waals surface area contributed by atoms with E-state index in [-0.39, 0.29) is 17.3 Å². The first kappa shape index (κ1) is 14.8. The van der Waals surface area contributed by atoms with Crippen LogP contribution >= 0.6 is 0 Å². The van der Waals surface area contributed by atoms with E-state index in [1.165, 1.54) is 4.57 Å². The number of hydrogen-bond donors (Lipinski definition) is 2. The van der Waals surface area contributed by atoms with Crippen molar-refractivity contribution >= 4 is 28.5 Å². The smallest absolute Gasteiger partial charge is 0.264 e. The van der Waals surface area contributed by atoms with Gasteiger partial charge in [-0.1, -0.05) is 24.3 Å². The first-order valence-electron chi connectivity index (χ1n) is 7.22.